The van der Waals surface area contributed by atoms with Gasteiger partial charge in [-0.1, -0.05) is 12.1 Å². The van der Waals surface area contributed by atoms with Gasteiger partial charge in [-0.2, -0.15) is 0 Å². The third-order valence-electron chi connectivity index (χ3n) is 2.87. The van der Waals surface area contributed by atoms with E-state index in [1.54, 1.807) is 6.07 Å². The van der Waals surface area contributed by atoms with Crippen LogP contribution in [0.4, 0.5) is 15.8 Å². The molecule has 0 aromatic heterocycles. The highest BCUT2D eigenvalue weighted by molar-refractivity contribution is 5.90. The van der Waals surface area contributed by atoms with Gasteiger partial charge in [0.25, 0.3) is 0 Å². The Labute approximate surface area is 122 Å². The van der Waals surface area contributed by atoms with E-state index in [0.717, 1.165) is 11.3 Å². The first-order chi connectivity index (χ1) is 10.0. The summed E-state index contributed by atoms with van der Waals surface area (Å²) in [6.45, 7) is 2.22. The monoisotopic (exact) mass is 288 g/mol. The van der Waals surface area contributed by atoms with Crippen molar-refractivity contribution in [1.82, 2.24) is 0 Å². The fourth-order valence-corrected chi connectivity index (χ4v) is 1.80. The van der Waals surface area contributed by atoms with Gasteiger partial charge in [0.15, 0.2) is 0 Å². The molecule has 0 aliphatic carbocycles. The third kappa shape index (κ3) is 4.49. The number of nitrogen functional groups attached to an aromatic ring is 1. The predicted octanol–water partition coefficient (Wildman–Crippen LogP) is 3.12. The second-order valence-corrected chi connectivity index (χ2v) is 4.70. The lowest BCUT2D eigenvalue weighted by molar-refractivity contribution is -0.116. The molecule has 0 radical (unpaired) electrons. The number of carbonyl (C=O) groups is 1. The Morgan fingerprint density at radius 2 is 2.10 bits per heavy atom. The topological polar surface area (TPSA) is 64.3 Å². The number of amides is 1. The van der Waals surface area contributed by atoms with E-state index in [-0.39, 0.29) is 24.6 Å². The zero-order valence-electron chi connectivity index (χ0n) is 11.7. The van der Waals surface area contributed by atoms with Crippen LogP contribution in [0.3, 0.4) is 0 Å². The van der Waals surface area contributed by atoms with E-state index in [1.165, 1.54) is 12.1 Å². The molecule has 2 rings (SSSR count). The summed E-state index contributed by atoms with van der Waals surface area (Å²) in [6.07, 6.45) is 0.180. The van der Waals surface area contributed by atoms with Gasteiger partial charge in [-0.25, -0.2) is 4.39 Å². The number of benzene rings is 2. The lowest BCUT2D eigenvalue weighted by atomic mass is 10.2. The molecule has 5 heteroatoms. The molecule has 0 aliphatic rings. The van der Waals surface area contributed by atoms with Gasteiger partial charge in [0, 0.05) is 5.69 Å². The van der Waals surface area contributed by atoms with E-state index in [2.05, 4.69) is 5.32 Å². The highest BCUT2D eigenvalue weighted by Crippen LogP contribution is 2.16. The number of hydrogen-bond acceptors (Lipinski definition) is 3. The molecule has 0 saturated heterocycles. The molecular formula is C16H17FN2O2. The number of nitrogens with two attached hydrogens (primary N) is 1. The van der Waals surface area contributed by atoms with Crippen molar-refractivity contribution in [3.63, 3.8) is 0 Å². The normalized spacial score (nSPS) is 10.2. The minimum atomic E-state index is -0.552. The van der Waals surface area contributed by atoms with Crippen molar-refractivity contribution >= 4 is 17.3 Å². The smallest absolute Gasteiger partial charge is 0.227 e. The Morgan fingerprint density at radius 3 is 2.81 bits per heavy atom. The summed E-state index contributed by atoms with van der Waals surface area (Å²) in [7, 11) is 0. The zero-order valence-corrected chi connectivity index (χ0v) is 11.7. The number of nitrogens with one attached hydrogen (secondary N) is 1. The average Bonchev–Trinajstić information content (AvgIpc) is 2.43. The lowest BCUT2D eigenvalue weighted by Crippen LogP contribution is -2.15. The Kier molecular flexibility index (Phi) is 4.77. The summed E-state index contributed by atoms with van der Waals surface area (Å²) in [5, 5.41) is 2.59. The van der Waals surface area contributed by atoms with Crippen LogP contribution in [0.5, 0.6) is 5.75 Å². The molecule has 0 saturated carbocycles. The molecule has 3 N–H and O–H groups in total. The molecule has 0 bridgehead atoms. The van der Waals surface area contributed by atoms with Crippen molar-refractivity contribution in [3.8, 4) is 5.75 Å². The summed E-state index contributed by atoms with van der Waals surface area (Å²) >= 11 is 0. The number of hydrogen-bond donors (Lipinski definition) is 2. The van der Waals surface area contributed by atoms with E-state index in [1.807, 2.05) is 31.2 Å². The maximum Gasteiger partial charge on any atom is 0.227 e. The van der Waals surface area contributed by atoms with Gasteiger partial charge >= 0.3 is 0 Å². The van der Waals surface area contributed by atoms with Crippen LogP contribution in [-0.2, 0) is 4.79 Å². The Balaban J connectivity index is 1.81. The summed E-state index contributed by atoms with van der Waals surface area (Å²) < 4.78 is 18.7. The fourth-order valence-electron chi connectivity index (χ4n) is 1.80. The van der Waals surface area contributed by atoms with Crippen LogP contribution in [0.25, 0.3) is 0 Å². The summed E-state index contributed by atoms with van der Waals surface area (Å²) in [5.41, 5.74) is 6.89. The minimum absolute atomic E-state index is 0.0516. The SMILES string of the molecule is Cc1cccc(OCCC(=O)Nc2ccc(N)c(F)c2)c1. The Bertz CT molecular complexity index is 644. The van der Waals surface area contributed by atoms with E-state index in [9.17, 15) is 9.18 Å². The first-order valence-electron chi connectivity index (χ1n) is 6.59. The van der Waals surface area contributed by atoms with Gasteiger partial charge in [0.1, 0.15) is 11.6 Å². The highest BCUT2D eigenvalue weighted by Gasteiger charge is 2.05. The molecule has 21 heavy (non-hydrogen) atoms. The van der Waals surface area contributed by atoms with Crippen LogP contribution in [0.2, 0.25) is 0 Å². The number of ether oxygens (including phenoxy) is 1. The molecule has 1 amide bonds. The molecular weight excluding hydrogens is 271 g/mol. The quantitative estimate of drug-likeness (QED) is 0.831. The Morgan fingerprint density at radius 1 is 1.29 bits per heavy atom. The molecule has 0 aliphatic heterocycles. The van der Waals surface area contributed by atoms with Crippen molar-refractivity contribution < 1.29 is 13.9 Å². The third-order valence-corrected chi connectivity index (χ3v) is 2.87. The maximum atomic E-state index is 13.2. The van der Waals surface area contributed by atoms with Gasteiger partial charge in [-0.05, 0) is 42.8 Å². The molecule has 0 heterocycles. The van der Waals surface area contributed by atoms with Crippen molar-refractivity contribution in [2.45, 2.75) is 13.3 Å². The minimum Gasteiger partial charge on any atom is -0.493 e. The number of rotatable bonds is 5. The van der Waals surface area contributed by atoms with Gasteiger partial charge in [-0.15, -0.1) is 0 Å². The standard InChI is InChI=1S/C16H17FN2O2/c1-11-3-2-4-13(9-11)21-8-7-16(20)19-12-5-6-15(18)14(17)10-12/h2-6,9-10H,7-8,18H2,1H3,(H,19,20). The van der Waals surface area contributed by atoms with Crippen molar-refractivity contribution in [2.24, 2.45) is 0 Å². The van der Waals surface area contributed by atoms with Crippen molar-refractivity contribution in [2.75, 3.05) is 17.7 Å². The fraction of sp³-hybridized carbons (Fsp3) is 0.188. The molecule has 0 unspecified atom stereocenters. The van der Waals surface area contributed by atoms with Crippen molar-refractivity contribution in [3.05, 3.63) is 53.8 Å². The largest absolute Gasteiger partial charge is 0.493 e. The summed E-state index contributed by atoms with van der Waals surface area (Å²) in [5.74, 6) is -0.0723. The van der Waals surface area contributed by atoms with Crippen LogP contribution in [0, 0.1) is 12.7 Å². The molecule has 110 valence electrons. The molecule has 2 aromatic carbocycles. The van der Waals surface area contributed by atoms with Gasteiger partial charge in [0.05, 0.1) is 18.7 Å². The lowest BCUT2D eigenvalue weighted by Gasteiger charge is -2.08. The van der Waals surface area contributed by atoms with Crippen LogP contribution in [0.1, 0.15) is 12.0 Å². The number of halogens is 1. The Hall–Kier alpha value is -2.56. The maximum absolute atomic E-state index is 13.2. The average molecular weight is 288 g/mol. The molecule has 0 fully saturated rings. The number of anilines is 2. The van der Waals surface area contributed by atoms with E-state index in [0.29, 0.717) is 5.69 Å². The molecule has 0 atom stereocenters. The number of aryl methyl sites for hydroxylation is 1. The second kappa shape index (κ2) is 6.74. The summed E-state index contributed by atoms with van der Waals surface area (Å²) in [6, 6.07) is 11.7. The van der Waals surface area contributed by atoms with E-state index in [4.69, 9.17) is 10.5 Å². The van der Waals surface area contributed by atoms with Crippen LogP contribution < -0.4 is 15.8 Å². The highest BCUT2D eigenvalue weighted by atomic mass is 19.1. The summed E-state index contributed by atoms with van der Waals surface area (Å²) in [4.78, 5) is 11.7. The van der Waals surface area contributed by atoms with Crippen LogP contribution in [-0.4, -0.2) is 12.5 Å². The van der Waals surface area contributed by atoms with Crippen LogP contribution >= 0.6 is 0 Å². The first-order valence-corrected chi connectivity index (χ1v) is 6.59. The van der Waals surface area contributed by atoms with Crippen LogP contribution in [0.15, 0.2) is 42.5 Å². The van der Waals surface area contributed by atoms with E-state index >= 15 is 0 Å². The van der Waals surface area contributed by atoms with Gasteiger partial charge in [-0.3, -0.25) is 4.79 Å². The van der Waals surface area contributed by atoms with Gasteiger partial charge < -0.3 is 15.8 Å². The predicted molar refractivity (Wildman–Crippen MR) is 80.7 cm³/mol. The van der Waals surface area contributed by atoms with E-state index < -0.39 is 5.82 Å². The number of carbonyl (C=O) groups excluding carboxylic acids is 1. The molecule has 4 nitrogen and oxygen atoms in total. The molecule has 2 aromatic rings. The van der Waals surface area contributed by atoms with Gasteiger partial charge in [0.2, 0.25) is 5.91 Å². The first kappa shape index (κ1) is 14.8. The molecule has 0 spiro atoms. The second-order valence-electron chi connectivity index (χ2n) is 4.70. The van der Waals surface area contributed by atoms with Crippen molar-refractivity contribution in [1.29, 1.82) is 0 Å². The zero-order chi connectivity index (χ0) is 15.2.